The van der Waals surface area contributed by atoms with E-state index in [1.54, 1.807) is 0 Å². The Balaban J connectivity index is 1.68. The van der Waals surface area contributed by atoms with E-state index in [-0.39, 0.29) is 28.2 Å². The van der Waals surface area contributed by atoms with Gasteiger partial charge in [-0.3, -0.25) is 4.79 Å². The first-order valence-corrected chi connectivity index (χ1v) is 12.7. The number of aromatic carboxylic acids is 1. The summed E-state index contributed by atoms with van der Waals surface area (Å²) in [5.74, 6) is 5.36. The number of carbonyl (C=O) groups is 2. The van der Waals surface area contributed by atoms with Crippen LogP contribution in [0.15, 0.2) is 6.07 Å². The van der Waals surface area contributed by atoms with Crippen molar-refractivity contribution in [3.05, 3.63) is 15.8 Å². The molecule has 0 aliphatic heterocycles. The number of nitrogens with one attached hydrogen (secondary N) is 1. The second-order valence-electron chi connectivity index (χ2n) is 10.9. The molecular weight excluding hydrogens is 420 g/mol. The van der Waals surface area contributed by atoms with Crippen LogP contribution in [0, 0.1) is 34.0 Å². The van der Waals surface area contributed by atoms with Crippen molar-refractivity contribution in [3.63, 3.8) is 0 Å². The molecule has 3 aliphatic carbocycles. The number of anilines is 1. The molecule has 0 saturated heterocycles. The molecule has 0 unspecified atom stereocenters. The molecule has 6 heteroatoms. The Hall–Kier alpha value is -2.13. The van der Waals surface area contributed by atoms with Crippen LogP contribution < -0.4 is 4.90 Å². The highest BCUT2D eigenvalue weighted by atomic mass is 32.1. The van der Waals surface area contributed by atoms with Crippen LogP contribution in [0.5, 0.6) is 0 Å². The highest BCUT2D eigenvalue weighted by Crippen LogP contribution is 2.57. The zero-order valence-corrected chi connectivity index (χ0v) is 20.2. The van der Waals surface area contributed by atoms with Gasteiger partial charge in [0.25, 0.3) is 0 Å². The van der Waals surface area contributed by atoms with Gasteiger partial charge in [-0.1, -0.05) is 11.8 Å². The standard InChI is InChI=1S/C26H34N2O3S/c1-25(2,3)11-10-20-16-21(22(32-20)24(30)31)28(19-6-4-18(27)5-7-19)23(29)17-8-12-26(13-9-17)14-15-26/h16-17,19,27H,4-9,12-15H2,1-3H3,(H,30,31). The molecule has 4 rings (SSSR count). The van der Waals surface area contributed by atoms with Gasteiger partial charge in [-0.25, -0.2) is 4.79 Å². The van der Waals surface area contributed by atoms with Crippen LogP contribution in [-0.4, -0.2) is 28.7 Å². The molecule has 1 aromatic heterocycles. The fraction of sp³-hybridized carbons (Fsp3) is 0.654. The average molecular weight is 455 g/mol. The lowest BCUT2D eigenvalue weighted by molar-refractivity contribution is -0.124. The summed E-state index contributed by atoms with van der Waals surface area (Å²) in [6.07, 6.45) is 9.42. The Morgan fingerprint density at radius 2 is 1.75 bits per heavy atom. The Morgan fingerprint density at radius 3 is 2.28 bits per heavy atom. The monoisotopic (exact) mass is 454 g/mol. The van der Waals surface area contributed by atoms with Crippen molar-refractivity contribution in [1.82, 2.24) is 0 Å². The van der Waals surface area contributed by atoms with E-state index in [1.807, 2.05) is 31.7 Å². The lowest BCUT2D eigenvalue weighted by Crippen LogP contribution is -2.46. The molecule has 2 N–H and O–H groups in total. The van der Waals surface area contributed by atoms with Crippen LogP contribution in [0.2, 0.25) is 0 Å². The molecule has 5 nitrogen and oxygen atoms in total. The third kappa shape index (κ3) is 5.09. The zero-order valence-electron chi connectivity index (χ0n) is 19.4. The van der Waals surface area contributed by atoms with Crippen molar-refractivity contribution in [2.75, 3.05) is 4.90 Å². The zero-order chi connectivity index (χ0) is 23.1. The lowest BCUT2D eigenvalue weighted by atomic mass is 9.78. The molecule has 0 bridgehead atoms. The smallest absolute Gasteiger partial charge is 0.348 e. The van der Waals surface area contributed by atoms with Crippen molar-refractivity contribution in [2.45, 2.75) is 91.0 Å². The molecule has 1 aromatic rings. The first kappa shape index (κ1) is 23.0. The Bertz CT molecular complexity index is 967. The van der Waals surface area contributed by atoms with Crippen molar-refractivity contribution < 1.29 is 14.7 Å². The molecule has 3 fully saturated rings. The highest BCUT2D eigenvalue weighted by Gasteiger charge is 2.47. The van der Waals surface area contributed by atoms with Crippen molar-refractivity contribution >= 4 is 34.6 Å². The van der Waals surface area contributed by atoms with Gasteiger partial charge in [0.05, 0.1) is 10.6 Å². The molecule has 32 heavy (non-hydrogen) atoms. The summed E-state index contributed by atoms with van der Waals surface area (Å²) in [7, 11) is 0. The predicted octanol–water partition coefficient (Wildman–Crippen LogP) is 6.11. The van der Waals surface area contributed by atoms with Gasteiger partial charge in [-0.2, -0.15) is 0 Å². The van der Waals surface area contributed by atoms with Gasteiger partial charge in [0.1, 0.15) is 4.88 Å². The average Bonchev–Trinajstić information content (AvgIpc) is 3.34. The summed E-state index contributed by atoms with van der Waals surface area (Å²) in [6.45, 7) is 6.07. The second-order valence-corrected chi connectivity index (χ2v) is 12.0. The molecular formula is C26H34N2O3S. The first-order valence-electron chi connectivity index (χ1n) is 11.9. The number of nitrogens with zero attached hydrogens (tertiary/aromatic N) is 1. The van der Waals surface area contributed by atoms with Gasteiger partial charge in [0.15, 0.2) is 0 Å². The van der Waals surface area contributed by atoms with E-state index in [9.17, 15) is 14.7 Å². The van der Waals surface area contributed by atoms with Crippen LogP contribution in [0.1, 0.15) is 99.5 Å². The Kier molecular flexibility index (Phi) is 6.24. The molecule has 0 atom stereocenters. The van der Waals surface area contributed by atoms with E-state index in [4.69, 9.17) is 5.41 Å². The van der Waals surface area contributed by atoms with E-state index in [1.165, 1.54) is 24.2 Å². The molecule has 172 valence electrons. The fourth-order valence-corrected chi connectivity index (χ4v) is 5.92. The number of thiophene rings is 1. The maximum Gasteiger partial charge on any atom is 0.348 e. The van der Waals surface area contributed by atoms with Gasteiger partial charge >= 0.3 is 5.97 Å². The molecule has 1 heterocycles. The minimum atomic E-state index is -1.00. The lowest BCUT2D eigenvalue weighted by Gasteiger charge is -2.38. The predicted molar refractivity (Wildman–Crippen MR) is 129 cm³/mol. The van der Waals surface area contributed by atoms with Crippen molar-refractivity contribution in [3.8, 4) is 11.8 Å². The van der Waals surface area contributed by atoms with Gasteiger partial charge in [-0.05, 0) is 96.5 Å². The summed E-state index contributed by atoms with van der Waals surface area (Å²) < 4.78 is 0. The first-order chi connectivity index (χ1) is 15.1. The molecule has 0 aromatic carbocycles. The number of carboxylic acid groups (broad SMARTS) is 1. The summed E-state index contributed by atoms with van der Waals surface area (Å²) in [6, 6.07) is 1.76. The molecule has 0 radical (unpaired) electrons. The van der Waals surface area contributed by atoms with Crippen LogP contribution in [0.3, 0.4) is 0 Å². The highest BCUT2D eigenvalue weighted by molar-refractivity contribution is 7.15. The Morgan fingerprint density at radius 1 is 1.12 bits per heavy atom. The number of carboxylic acids is 1. The number of rotatable bonds is 4. The number of amides is 1. The van der Waals surface area contributed by atoms with Crippen LogP contribution in [-0.2, 0) is 4.79 Å². The van der Waals surface area contributed by atoms with E-state index >= 15 is 0 Å². The minimum absolute atomic E-state index is 0.0340. The van der Waals surface area contributed by atoms with E-state index in [0.717, 1.165) is 44.2 Å². The maximum absolute atomic E-state index is 13.9. The topological polar surface area (TPSA) is 81.5 Å². The number of hydrogen-bond acceptors (Lipinski definition) is 4. The summed E-state index contributed by atoms with van der Waals surface area (Å²) in [5, 5.41) is 17.9. The Labute approximate surface area is 195 Å². The van der Waals surface area contributed by atoms with Crippen LogP contribution in [0.4, 0.5) is 5.69 Å². The normalized spacial score (nSPS) is 22.8. The summed E-state index contributed by atoms with van der Waals surface area (Å²) >= 11 is 1.17. The molecule has 1 spiro atoms. The largest absolute Gasteiger partial charge is 0.477 e. The van der Waals surface area contributed by atoms with Gasteiger partial charge in [-0.15, -0.1) is 11.3 Å². The second kappa shape index (κ2) is 8.67. The third-order valence-corrected chi connectivity index (χ3v) is 8.27. The fourth-order valence-electron chi connectivity index (χ4n) is 5.08. The summed E-state index contributed by atoms with van der Waals surface area (Å²) in [4.78, 5) is 28.7. The summed E-state index contributed by atoms with van der Waals surface area (Å²) in [5.41, 5.74) is 1.55. The van der Waals surface area contributed by atoms with Gasteiger partial charge in [0, 0.05) is 23.1 Å². The number of carbonyl (C=O) groups excluding carboxylic acids is 1. The maximum atomic E-state index is 13.9. The molecule has 1 amide bonds. The third-order valence-electron chi connectivity index (χ3n) is 7.24. The van der Waals surface area contributed by atoms with Crippen molar-refractivity contribution in [2.24, 2.45) is 16.7 Å². The van der Waals surface area contributed by atoms with Gasteiger partial charge in [0.2, 0.25) is 5.91 Å². The van der Waals surface area contributed by atoms with E-state index in [0.29, 0.717) is 28.8 Å². The number of hydrogen-bond donors (Lipinski definition) is 2. The van der Waals surface area contributed by atoms with Crippen molar-refractivity contribution in [1.29, 1.82) is 5.41 Å². The minimum Gasteiger partial charge on any atom is -0.477 e. The SMILES string of the molecule is CC(C)(C)C#Cc1cc(N(C(=O)C2CCC3(CC2)CC3)C2CCC(=N)CC2)c(C(=O)O)s1. The molecule has 3 aliphatic rings. The van der Waals surface area contributed by atoms with Crippen LogP contribution >= 0.6 is 11.3 Å². The van der Waals surface area contributed by atoms with E-state index in [2.05, 4.69) is 11.8 Å². The quantitative estimate of drug-likeness (QED) is 0.539. The van der Waals surface area contributed by atoms with E-state index < -0.39 is 5.97 Å². The molecule has 3 saturated carbocycles. The van der Waals surface area contributed by atoms with Gasteiger partial charge < -0.3 is 15.4 Å². The van der Waals surface area contributed by atoms with Crippen LogP contribution in [0.25, 0.3) is 0 Å².